The fraction of sp³-hybridized carbons (Fsp3) is 0.528. The highest BCUT2D eigenvalue weighted by Crippen LogP contribution is 2.43. The van der Waals surface area contributed by atoms with Gasteiger partial charge in [-0.15, -0.1) is 11.3 Å². The van der Waals surface area contributed by atoms with Gasteiger partial charge in [-0.1, -0.05) is 25.5 Å². The van der Waals surface area contributed by atoms with Crippen LogP contribution >= 0.6 is 11.3 Å². The summed E-state index contributed by atoms with van der Waals surface area (Å²) in [7, 11) is 1.58. The number of para-hydroxylation sites is 2. The van der Waals surface area contributed by atoms with Crippen LogP contribution in [0.3, 0.4) is 0 Å². The molecule has 0 N–H and O–H groups in total. The number of rotatable bonds is 14. The second-order valence-electron chi connectivity index (χ2n) is 12.7. The van der Waals surface area contributed by atoms with Crippen molar-refractivity contribution in [3.63, 3.8) is 0 Å². The Balaban J connectivity index is 1.43. The molecule has 0 bridgehead atoms. The molecule has 1 aromatic carbocycles. The molecule has 0 spiro atoms. The van der Waals surface area contributed by atoms with Crippen molar-refractivity contribution in [1.29, 1.82) is 0 Å². The zero-order valence-electron chi connectivity index (χ0n) is 29.4. The predicted molar refractivity (Wildman–Crippen MR) is 184 cm³/mol. The molecule has 2 aliphatic rings. The van der Waals surface area contributed by atoms with Crippen molar-refractivity contribution in [2.45, 2.75) is 56.6 Å². The van der Waals surface area contributed by atoms with E-state index in [2.05, 4.69) is 4.98 Å². The first-order chi connectivity index (χ1) is 25.3. The molecule has 17 heteroatoms. The lowest BCUT2D eigenvalue weighted by Gasteiger charge is -2.50. The molecule has 2 fully saturated rings. The molecule has 5 rings (SSSR count). The third kappa shape index (κ3) is 9.35. The van der Waals surface area contributed by atoms with E-state index in [1.165, 1.54) is 4.90 Å². The number of piperazine rings is 1. The molecule has 2 aliphatic heterocycles. The third-order valence-electron chi connectivity index (χ3n) is 9.25. The number of aromatic nitrogens is 1. The number of alkyl halides is 6. The molecule has 0 saturated carbocycles. The molecule has 3 aromatic rings. The van der Waals surface area contributed by atoms with E-state index in [1.807, 2.05) is 29.2 Å². The Morgan fingerprint density at radius 3 is 2.38 bits per heavy atom. The summed E-state index contributed by atoms with van der Waals surface area (Å²) in [6, 6.07) is 7.85. The zero-order valence-corrected chi connectivity index (χ0v) is 30.2. The standard InChI is InChI=1S/C36H42F6N4O6S/c1-3-7-30-34(52-25-22-31(53-24-25)36(40,41)42,11-6-13-46(30)32(47)26-23-43-12-10-27(26)35(37,38)39)33(48)45-16-14-44(15-17-45)28-8-4-5-9-29(28)51-21-20-50-19-18-49-2/h4-5,8-10,12,22-24,30H,3,6-7,11,13-21H2,1-2H3/t30-,34+/m1/s1. The number of nitrogens with zero attached hydrogens (tertiary/aromatic N) is 4. The van der Waals surface area contributed by atoms with Crippen LogP contribution < -0.4 is 14.4 Å². The largest absolute Gasteiger partial charge is 0.489 e. The molecular weight excluding hydrogens is 730 g/mol. The van der Waals surface area contributed by atoms with Gasteiger partial charge in [0, 0.05) is 70.1 Å². The number of amides is 2. The molecule has 4 heterocycles. The van der Waals surface area contributed by atoms with E-state index in [9.17, 15) is 35.9 Å². The fourth-order valence-electron chi connectivity index (χ4n) is 6.82. The minimum absolute atomic E-state index is 0.00744. The van der Waals surface area contributed by atoms with Crippen LogP contribution in [0.25, 0.3) is 0 Å². The molecule has 10 nitrogen and oxygen atoms in total. The molecule has 53 heavy (non-hydrogen) atoms. The van der Waals surface area contributed by atoms with Crippen LogP contribution in [0, 0.1) is 0 Å². The van der Waals surface area contributed by atoms with Crippen LogP contribution in [0.4, 0.5) is 32.0 Å². The first kappa shape index (κ1) is 40.1. The maximum absolute atomic E-state index is 14.8. The van der Waals surface area contributed by atoms with Crippen molar-refractivity contribution in [3.8, 4) is 11.5 Å². The van der Waals surface area contributed by atoms with Crippen molar-refractivity contribution in [2.24, 2.45) is 0 Å². The number of halogens is 6. The van der Waals surface area contributed by atoms with Gasteiger partial charge in [0.1, 0.15) is 23.0 Å². The summed E-state index contributed by atoms with van der Waals surface area (Å²) < 4.78 is 106. The number of benzene rings is 1. The Morgan fingerprint density at radius 1 is 0.962 bits per heavy atom. The van der Waals surface area contributed by atoms with Gasteiger partial charge < -0.3 is 33.6 Å². The highest BCUT2D eigenvalue weighted by Gasteiger charge is 2.56. The average Bonchev–Trinajstić information content (AvgIpc) is 3.62. The fourth-order valence-corrected chi connectivity index (χ4v) is 7.49. The van der Waals surface area contributed by atoms with E-state index in [1.54, 1.807) is 18.9 Å². The van der Waals surface area contributed by atoms with Crippen LogP contribution in [-0.4, -0.2) is 105 Å². The van der Waals surface area contributed by atoms with Crippen molar-refractivity contribution in [3.05, 3.63) is 70.2 Å². The number of hydrogen-bond donors (Lipinski definition) is 0. The number of carbonyl (C=O) groups is 2. The number of thiophene rings is 1. The molecule has 0 radical (unpaired) electrons. The molecule has 2 saturated heterocycles. The van der Waals surface area contributed by atoms with Crippen LogP contribution in [-0.2, 0) is 26.6 Å². The van der Waals surface area contributed by atoms with Gasteiger partial charge in [-0.05, 0) is 31.0 Å². The number of likely N-dealkylation sites (tertiary alicyclic amines) is 1. The molecule has 0 aliphatic carbocycles. The molecule has 2 atom stereocenters. The van der Waals surface area contributed by atoms with Crippen molar-refractivity contribution >= 4 is 28.8 Å². The summed E-state index contributed by atoms with van der Waals surface area (Å²) in [5.74, 6) is -1.12. The smallest absolute Gasteiger partial charge is 0.425 e. The summed E-state index contributed by atoms with van der Waals surface area (Å²) in [6.07, 6.45) is -7.04. The Kier molecular flexibility index (Phi) is 13.1. The number of anilines is 1. The van der Waals surface area contributed by atoms with Crippen molar-refractivity contribution in [1.82, 2.24) is 14.8 Å². The van der Waals surface area contributed by atoms with Gasteiger partial charge in [0.05, 0.1) is 42.7 Å². The third-order valence-corrected chi connectivity index (χ3v) is 10.2. The van der Waals surface area contributed by atoms with Crippen molar-refractivity contribution in [2.75, 3.05) is 71.2 Å². The number of methoxy groups -OCH3 is 1. The van der Waals surface area contributed by atoms with E-state index >= 15 is 0 Å². The van der Waals surface area contributed by atoms with Crippen LogP contribution in [0.1, 0.15) is 53.4 Å². The summed E-state index contributed by atoms with van der Waals surface area (Å²) in [6.45, 7) is 4.48. The van der Waals surface area contributed by atoms with E-state index < -0.39 is 51.8 Å². The van der Waals surface area contributed by atoms with Gasteiger partial charge in [0.15, 0.2) is 0 Å². The van der Waals surface area contributed by atoms with E-state index in [0.717, 1.165) is 29.5 Å². The summed E-state index contributed by atoms with van der Waals surface area (Å²) in [5, 5.41) is 1.15. The van der Waals surface area contributed by atoms with Gasteiger partial charge in [-0.2, -0.15) is 26.3 Å². The number of hydrogen-bond acceptors (Lipinski definition) is 9. The monoisotopic (exact) mass is 772 g/mol. The Hall–Kier alpha value is -4.09. The maximum Gasteiger partial charge on any atom is 0.425 e. The minimum Gasteiger partial charge on any atom is -0.489 e. The van der Waals surface area contributed by atoms with Gasteiger partial charge in [-0.25, -0.2) is 0 Å². The highest BCUT2D eigenvalue weighted by atomic mass is 32.1. The van der Waals surface area contributed by atoms with Gasteiger partial charge in [0.2, 0.25) is 5.60 Å². The maximum atomic E-state index is 14.8. The quantitative estimate of drug-likeness (QED) is 0.131. The molecule has 2 aromatic heterocycles. The van der Waals surface area contributed by atoms with E-state index in [4.69, 9.17) is 18.9 Å². The second-order valence-corrected chi connectivity index (χ2v) is 13.6. The molecule has 0 unspecified atom stereocenters. The number of piperidine rings is 1. The first-order valence-corrected chi connectivity index (χ1v) is 18.2. The van der Waals surface area contributed by atoms with Gasteiger partial charge in [0.25, 0.3) is 11.8 Å². The molecule has 290 valence electrons. The lowest BCUT2D eigenvalue weighted by atomic mass is 9.79. The Morgan fingerprint density at radius 2 is 1.70 bits per heavy atom. The Labute approximate surface area is 307 Å². The average molecular weight is 773 g/mol. The van der Waals surface area contributed by atoms with Crippen LogP contribution in [0.2, 0.25) is 0 Å². The highest BCUT2D eigenvalue weighted by molar-refractivity contribution is 7.10. The molecular formula is C36H42F6N4O6S. The topological polar surface area (TPSA) is 93.7 Å². The van der Waals surface area contributed by atoms with E-state index in [0.29, 0.717) is 69.1 Å². The number of pyridine rings is 1. The first-order valence-electron chi connectivity index (χ1n) is 17.3. The second kappa shape index (κ2) is 17.4. The van der Waals surface area contributed by atoms with Crippen LogP contribution in [0.5, 0.6) is 11.5 Å². The van der Waals surface area contributed by atoms with Gasteiger partial charge >= 0.3 is 12.4 Å². The van der Waals surface area contributed by atoms with Gasteiger partial charge in [-0.3, -0.25) is 14.6 Å². The SMILES string of the molecule is CCC[C@H]1N(C(=O)c2cnccc2C(F)(F)F)CCC[C@@]1(Oc1csc(C(F)(F)F)c1)C(=O)N1CCN(c2ccccc2OCCOCCOC)CC1. The predicted octanol–water partition coefficient (Wildman–Crippen LogP) is 6.79. The van der Waals surface area contributed by atoms with E-state index in [-0.39, 0.29) is 44.6 Å². The Bertz CT molecular complexity index is 1680. The summed E-state index contributed by atoms with van der Waals surface area (Å²) in [5.41, 5.74) is -2.95. The van der Waals surface area contributed by atoms with Crippen molar-refractivity contribution < 1.29 is 54.9 Å². The lowest BCUT2D eigenvalue weighted by Crippen LogP contribution is -2.69. The van der Waals surface area contributed by atoms with Crippen LogP contribution in [0.15, 0.2) is 54.2 Å². The summed E-state index contributed by atoms with van der Waals surface area (Å²) in [4.78, 5) is 36.5. The summed E-state index contributed by atoms with van der Waals surface area (Å²) >= 11 is 0.403. The minimum atomic E-state index is -4.86. The normalized spacial score (nSPS) is 19.7. The number of carbonyl (C=O) groups excluding carboxylic acids is 2. The molecule has 2 amide bonds. The lowest BCUT2D eigenvalue weighted by molar-refractivity contribution is -0.159. The zero-order chi connectivity index (χ0) is 38.2. The number of ether oxygens (including phenoxy) is 4.